The van der Waals surface area contributed by atoms with Gasteiger partial charge in [-0.1, -0.05) is 35.0 Å². The first-order valence-electron chi connectivity index (χ1n) is 6.15. The molecular formula is C15H8ClF4NO2. The molecule has 0 aliphatic carbocycles. The van der Waals surface area contributed by atoms with E-state index in [4.69, 9.17) is 11.6 Å². The molecule has 8 heteroatoms. The van der Waals surface area contributed by atoms with Crippen molar-refractivity contribution in [2.75, 3.05) is 0 Å². The normalized spacial score (nSPS) is 11.7. The largest absolute Gasteiger partial charge is 0.417 e. The summed E-state index contributed by atoms with van der Waals surface area (Å²) in [4.78, 5) is 16.1. The molecule has 0 aromatic heterocycles. The van der Waals surface area contributed by atoms with E-state index in [-0.39, 0.29) is 5.02 Å². The van der Waals surface area contributed by atoms with Gasteiger partial charge in [0, 0.05) is 0 Å². The topological polar surface area (TPSA) is 38.7 Å². The fourth-order valence-corrected chi connectivity index (χ4v) is 1.87. The van der Waals surface area contributed by atoms with Crippen LogP contribution >= 0.6 is 11.6 Å². The highest BCUT2D eigenvalue weighted by molar-refractivity contribution is 6.31. The third-order valence-corrected chi connectivity index (χ3v) is 3.02. The first kappa shape index (κ1) is 17.0. The Labute approximate surface area is 133 Å². The van der Waals surface area contributed by atoms with E-state index in [9.17, 15) is 22.4 Å². The van der Waals surface area contributed by atoms with Gasteiger partial charge in [-0.2, -0.15) is 13.2 Å². The van der Waals surface area contributed by atoms with Crippen molar-refractivity contribution in [3.63, 3.8) is 0 Å². The lowest BCUT2D eigenvalue weighted by atomic mass is 10.1. The molecule has 2 aromatic rings. The lowest BCUT2D eigenvalue weighted by Crippen LogP contribution is -2.13. The lowest BCUT2D eigenvalue weighted by molar-refractivity contribution is -0.138. The van der Waals surface area contributed by atoms with Gasteiger partial charge < -0.3 is 4.84 Å². The molecule has 120 valence electrons. The SMILES string of the molecule is O=C(O/N=C/c1ccc(F)c(Cl)c1)c1ccccc1C(F)(F)F. The van der Waals surface area contributed by atoms with E-state index in [1.807, 2.05) is 0 Å². The van der Waals surface area contributed by atoms with Crippen molar-refractivity contribution in [2.24, 2.45) is 5.16 Å². The Hall–Kier alpha value is -2.41. The second kappa shape index (κ2) is 6.78. The van der Waals surface area contributed by atoms with Crippen molar-refractivity contribution in [1.82, 2.24) is 0 Å². The number of nitrogens with zero attached hydrogens (tertiary/aromatic N) is 1. The van der Waals surface area contributed by atoms with Gasteiger partial charge in [-0.15, -0.1) is 0 Å². The van der Waals surface area contributed by atoms with E-state index < -0.39 is 29.1 Å². The van der Waals surface area contributed by atoms with Crippen LogP contribution in [0.25, 0.3) is 0 Å². The summed E-state index contributed by atoms with van der Waals surface area (Å²) in [5.74, 6) is -1.90. The highest BCUT2D eigenvalue weighted by atomic mass is 35.5. The fourth-order valence-electron chi connectivity index (χ4n) is 1.69. The van der Waals surface area contributed by atoms with Crippen LogP contribution in [0, 0.1) is 5.82 Å². The number of rotatable bonds is 3. The van der Waals surface area contributed by atoms with Crippen LogP contribution in [-0.4, -0.2) is 12.2 Å². The molecule has 0 N–H and O–H groups in total. The van der Waals surface area contributed by atoms with Gasteiger partial charge in [0.15, 0.2) is 0 Å². The highest BCUT2D eigenvalue weighted by Crippen LogP contribution is 2.32. The minimum atomic E-state index is -4.69. The minimum Gasteiger partial charge on any atom is -0.313 e. The number of hydrogen-bond donors (Lipinski definition) is 0. The summed E-state index contributed by atoms with van der Waals surface area (Å²) in [5.41, 5.74) is -1.47. The zero-order valence-corrected chi connectivity index (χ0v) is 12.0. The van der Waals surface area contributed by atoms with E-state index in [1.54, 1.807) is 0 Å². The van der Waals surface area contributed by atoms with Crippen LogP contribution in [0.1, 0.15) is 21.5 Å². The molecule has 0 unspecified atom stereocenters. The predicted octanol–water partition coefficient (Wildman–Crippen LogP) is 4.69. The molecule has 3 nitrogen and oxygen atoms in total. The van der Waals surface area contributed by atoms with Crippen LogP contribution in [-0.2, 0) is 11.0 Å². The average molecular weight is 346 g/mol. The van der Waals surface area contributed by atoms with E-state index >= 15 is 0 Å². The monoisotopic (exact) mass is 345 g/mol. The van der Waals surface area contributed by atoms with Gasteiger partial charge in [0.2, 0.25) is 0 Å². The second-order valence-corrected chi connectivity index (χ2v) is 4.74. The molecule has 0 aliphatic rings. The highest BCUT2D eigenvalue weighted by Gasteiger charge is 2.35. The van der Waals surface area contributed by atoms with Crippen molar-refractivity contribution in [2.45, 2.75) is 6.18 Å². The molecule has 0 aliphatic heterocycles. The standard InChI is InChI=1S/C15H8ClF4NO2/c16-12-7-9(5-6-13(12)17)8-21-23-14(22)10-3-1-2-4-11(10)15(18,19)20/h1-8H/b21-8+. The van der Waals surface area contributed by atoms with Gasteiger partial charge in [0.1, 0.15) is 5.82 Å². The third-order valence-electron chi connectivity index (χ3n) is 2.73. The number of oxime groups is 1. The fraction of sp³-hybridized carbons (Fsp3) is 0.0667. The maximum atomic E-state index is 13.0. The summed E-state index contributed by atoms with van der Waals surface area (Å²) >= 11 is 5.55. The van der Waals surface area contributed by atoms with Gasteiger partial charge in [-0.25, -0.2) is 9.18 Å². The summed E-state index contributed by atoms with van der Waals surface area (Å²) in [6, 6.07) is 7.78. The molecule has 0 saturated heterocycles. The Kier molecular flexibility index (Phi) is 5.00. The first-order valence-corrected chi connectivity index (χ1v) is 6.53. The zero-order chi connectivity index (χ0) is 17.0. The number of alkyl halides is 3. The van der Waals surface area contributed by atoms with Crippen molar-refractivity contribution in [3.8, 4) is 0 Å². The van der Waals surface area contributed by atoms with E-state index in [0.29, 0.717) is 5.56 Å². The van der Waals surface area contributed by atoms with Gasteiger partial charge in [-0.05, 0) is 29.8 Å². The van der Waals surface area contributed by atoms with Crippen molar-refractivity contribution >= 4 is 23.8 Å². The molecular weight excluding hydrogens is 338 g/mol. The molecule has 2 rings (SSSR count). The Morgan fingerprint density at radius 1 is 1.17 bits per heavy atom. The molecule has 0 radical (unpaired) electrons. The Balaban J connectivity index is 2.14. The zero-order valence-electron chi connectivity index (χ0n) is 11.3. The summed E-state index contributed by atoms with van der Waals surface area (Å²) in [5, 5.41) is 3.12. The smallest absolute Gasteiger partial charge is 0.313 e. The van der Waals surface area contributed by atoms with Crippen LogP contribution in [0.15, 0.2) is 47.6 Å². The van der Waals surface area contributed by atoms with E-state index in [2.05, 4.69) is 9.99 Å². The Morgan fingerprint density at radius 2 is 1.87 bits per heavy atom. The van der Waals surface area contributed by atoms with E-state index in [0.717, 1.165) is 30.5 Å². The summed E-state index contributed by atoms with van der Waals surface area (Å²) < 4.78 is 51.3. The maximum Gasteiger partial charge on any atom is 0.417 e. The molecule has 0 heterocycles. The van der Waals surface area contributed by atoms with Crippen molar-refractivity contribution in [3.05, 3.63) is 70.0 Å². The van der Waals surface area contributed by atoms with Gasteiger partial charge in [-0.3, -0.25) is 0 Å². The van der Waals surface area contributed by atoms with Crippen molar-refractivity contribution in [1.29, 1.82) is 0 Å². The predicted molar refractivity (Wildman–Crippen MR) is 75.9 cm³/mol. The van der Waals surface area contributed by atoms with Crippen LogP contribution in [0.2, 0.25) is 5.02 Å². The summed E-state index contributed by atoms with van der Waals surface area (Å²) in [7, 11) is 0. The first-order chi connectivity index (χ1) is 10.8. The molecule has 0 bridgehead atoms. The van der Waals surface area contributed by atoms with Crippen molar-refractivity contribution < 1.29 is 27.2 Å². The van der Waals surface area contributed by atoms with Gasteiger partial charge in [0.25, 0.3) is 0 Å². The summed E-state index contributed by atoms with van der Waals surface area (Å²) in [6.07, 6.45) is -3.66. The maximum absolute atomic E-state index is 13.0. The van der Waals surface area contributed by atoms with Gasteiger partial charge >= 0.3 is 12.1 Å². The van der Waals surface area contributed by atoms with Crippen LogP contribution in [0.3, 0.4) is 0 Å². The average Bonchev–Trinajstić information content (AvgIpc) is 2.50. The minimum absolute atomic E-state index is 0.164. The van der Waals surface area contributed by atoms with Crippen LogP contribution in [0.5, 0.6) is 0 Å². The Bertz CT molecular complexity index is 759. The van der Waals surface area contributed by atoms with E-state index in [1.165, 1.54) is 18.2 Å². The molecule has 0 amide bonds. The van der Waals surface area contributed by atoms with Gasteiger partial charge in [0.05, 0.1) is 22.4 Å². The number of hydrogen-bond acceptors (Lipinski definition) is 3. The molecule has 0 fully saturated rings. The number of halogens is 5. The van der Waals surface area contributed by atoms with Crippen LogP contribution < -0.4 is 0 Å². The van der Waals surface area contributed by atoms with Crippen LogP contribution in [0.4, 0.5) is 17.6 Å². The molecule has 0 spiro atoms. The molecule has 0 atom stereocenters. The summed E-state index contributed by atoms with van der Waals surface area (Å²) in [6.45, 7) is 0. The lowest BCUT2D eigenvalue weighted by Gasteiger charge is -2.09. The number of carbonyl (C=O) groups excluding carboxylic acids is 1. The number of carbonyl (C=O) groups is 1. The quantitative estimate of drug-likeness (QED) is 0.350. The molecule has 2 aromatic carbocycles. The second-order valence-electron chi connectivity index (χ2n) is 4.33. The third kappa shape index (κ3) is 4.29. The molecule has 23 heavy (non-hydrogen) atoms. The molecule has 0 saturated carbocycles. The number of benzene rings is 2. The Morgan fingerprint density at radius 3 is 2.52 bits per heavy atom.